The van der Waals surface area contributed by atoms with E-state index >= 15 is 0 Å². The van der Waals surface area contributed by atoms with Gasteiger partial charge in [-0.2, -0.15) is 4.68 Å². The van der Waals surface area contributed by atoms with Crippen molar-refractivity contribution in [3.05, 3.63) is 36.4 Å². The van der Waals surface area contributed by atoms with Crippen molar-refractivity contribution in [1.82, 2.24) is 29.9 Å². The van der Waals surface area contributed by atoms with Crippen LogP contribution < -0.4 is 4.90 Å². The minimum Gasteiger partial charge on any atom is -0.351 e. The van der Waals surface area contributed by atoms with Crippen molar-refractivity contribution < 1.29 is 9.18 Å². The number of benzene rings is 1. The summed E-state index contributed by atoms with van der Waals surface area (Å²) in [6.45, 7) is 2.76. The summed E-state index contributed by atoms with van der Waals surface area (Å²) in [5.74, 6) is 1.42. The van der Waals surface area contributed by atoms with Gasteiger partial charge in [-0.25, -0.2) is 14.4 Å². The molecule has 0 radical (unpaired) electrons. The molecule has 1 saturated heterocycles. The Morgan fingerprint density at radius 1 is 1.03 bits per heavy atom. The fourth-order valence-electron chi connectivity index (χ4n) is 4.68. The van der Waals surface area contributed by atoms with Crippen LogP contribution in [0.25, 0.3) is 16.9 Å². The molecule has 5 rings (SSSR count). The summed E-state index contributed by atoms with van der Waals surface area (Å²) in [5, 5.41) is 8.50. The van der Waals surface area contributed by atoms with E-state index < -0.39 is 0 Å². The first kappa shape index (κ1) is 19.8. The number of anilines is 1. The molecule has 1 saturated carbocycles. The van der Waals surface area contributed by atoms with Gasteiger partial charge in [0.25, 0.3) is 0 Å². The highest BCUT2D eigenvalue weighted by Crippen LogP contribution is 2.29. The van der Waals surface area contributed by atoms with Gasteiger partial charge in [-0.3, -0.25) is 4.79 Å². The van der Waals surface area contributed by atoms with Crippen LogP contribution in [0.15, 0.2) is 30.6 Å². The highest BCUT2D eigenvalue weighted by molar-refractivity contribution is 5.84. The molecule has 3 aromatic rings. The third kappa shape index (κ3) is 4.08. The summed E-state index contributed by atoms with van der Waals surface area (Å²) in [7, 11) is 0. The molecular weight excluding hydrogens is 397 g/mol. The predicted molar refractivity (Wildman–Crippen MR) is 114 cm³/mol. The number of halogens is 1. The summed E-state index contributed by atoms with van der Waals surface area (Å²) in [5.41, 5.74) is 1.87. The molecule has 8 nitrogen and oxygen atoms in total. The third-order valence-electron chi connectivity index (χ3n) is 6.46. The van der Waals surface area contributed by atoms with Crippen molar-refractivity contribution in [2.75, 3.05) is 31.1 Å². The molecule has 2 fully saturated rings. The molecule has 0 spiro atoms. The average molecular weight is 423 g/mol. The molecule has 1 amide bonds. The molecule has 9 heteroatoms. The topological polar surface area (TPSA) is 80.0 Å². The van der Waals surface area contributed by atoms with Gasteiger partial charge < -0.3 is 9.80 Å². The summed E-state index contributed by atoms with van der Waals surface area (Å²) in [6.07, 6.45) is 8.38. The van der Waals surface area contributed by atoms with E-state index in [1.54, 1.807) is 16.8 Å². The fraction of sp³-hybridized carbons (Fsp3) is 0.500. The van der Waals surface area contributed by atoms with E-state index in [4.69, 9.17) is 0 Å². The zero-order valence-corrected chi connectivity index (χ0v) is 17.5. The molecule has 2 aliphatic rings. The van der Waals surface area contributed by atoms with Crippen LogP contribution in [0, 0.1) is 11.7 Å². The number of rotatable bonds is 5. The SMILES string of the molecule is O=C(CCC1CCCC1)N1CCN(c2ncnc3c2nnn3-c2ccc(F)cc2)CC1. The number of nitrogens with zero attached hydrogens (tertiary/aromatic N) is 7. The minimum atomic E-state index is -0.306. The van der Waals surface area contributed by atoms with Crippen LogP contribution in [-0.2, 0) is 4.79 Å². The van der Waals surface area contributed by atoms with E-state index in [0.717, 1.165) is 18.2 Å². The third-order valence-corrected chi connectivity index (χ3v) is 6.46. The van der Waals surface area contributed by atoms with Gasteiger partial charge in [0.15, 0.2) is 17.0 Å². The van der Waals surface area contributed by atoms with Crippen molar-refractivity contribution in [2.45, 2.75) is 38.5 Å². The first-order valence-corrected chi connectivity index (χ1v) is 11.0. The van der Waals surface area contributed by atoms with Crippen LogP contribution in [0.1, 0.15) is 38.5 Å². The molecule has 0 unspecified atom stereocenters. The lowest BCUT2D eigenvalue weighted by Gasteiger charge is -2.35. The zero-order chi connectivity index (χ0) is 21.2. The quantitative estimate of drug-likeness (QED) is 0.628. The number of carbonyl (C=O) groups is 1. The van der Waals surface area contributed by atoms with Crippen LogP contribution in [0.3, 0.4) is 0 Å². The molecule has 1 aliphatic heterocycles. The van der Waals surface area contributed by atoms with Crippen LogP contribution in [-0.4, -0.2) is 61.9 Å². The van der Waals surface area contributed by atoms with Crippen LogP contribution >= 0.6 is 0 Å². The van der Waals surface area contributed by atoms with Gasteiger partial charge in [0.1, 0.15) is 12.1 Å². The maximum atomic E-state index is 13.3. The second-order valence-corrected chi connectivity index (χ2v) is 8.40. The largest absolute Gasteiger partial charge is 0.351 e. The molecular formula is C22H26FN7O. The lowest BCUT2D eigenvalue weighted by Crippen LogP contribution is -2.49. The number of fused-ring (bicyclic) bond motifs is 1. The fourth-order valence-corrected chi connectivity index (χ4v) is 4.68. The number of hydrogen-bond donors (Lipinski definition) is 0. The molecule has 0 N–H and O–H groups in total. The number of carbonyl (C=O) groups excluding carboxylic acids is 1. The van der Waals surface area contributed by atoms with Gasteiger partial charge in [-0.1, -0.05) is 30.9 Å². The van der Waals surface area contributed by atoms with Crippen LogP contribution in [0.2, 0.25) is 0 Å². The van der Waals surface area contributed by atoms with Gasteiger partial charge in [0.2, 0.25) is 5.91 Å². The van der Waals surface area contributed by atoms with Gasteiger partial charge >= 0.3 is 0 Å². The van der Waals surface area contributed by atoms with Gasteiger partial charge in [0, 0.05) is 32.6 Å². The molecule has 162 valence electrons. The molecule has 0 bridgehead atoms. The van der Waals surface area contributed by atoms with E-state index in [2.05, 4.69) is 25.2 Å². The number of aromatic nitrogens is 5. The number of amides is 1. The summed E-state index contributed by atoms with van der Waals surface area (Å²) in [4.78, 5) is 25.5. The Morgan fingerprint density at radius 3 is 2.52 bits per heavy atom. The Bertz CT molecular complexity index is 1050. The molecule has 0 atom stereocenters. The highest BCUT2D eigenvalue weighted by Gasteiger charge is 2.25. The van der Waals surface area contributed by atoms with Crippen molar-refractivity contribution in [1.29, 1.82) is 0 Å². The predicted octanol–water partition coefficient (Wildman–Crippen LogP) is 2.97. The minimum absolute atomic E-state index is 0.265. The molecule has 31 heavy (non-hydrogen) atoms. The van der Waals surface area contributed by atoms with E-state index in [-0.39, 0.29) is 11.7 Å². The molecule has 3 heterocycles. The Balaban J connectivity index is 1.26. The maximum absolute atomic E-state index is 13.3. The standard InChI is InChI=1S/C22H26FN7O/c23-17-6-8-18(9-7-17)30-22-20(26-27-30)21(24-15-25-22)29-13-11-28(12-14-29)19(31)10-5-16-3-1-2-4-16/h6-9,15-16H,1-5,10-14H2. The van der Waals surface area contributed by atoms with E-state index in [1.165, 1.54) is 44.1 Å². The second-order valence-electron chi connectivity index (χ2n) is 8.40. The van der Waals surface area contributed by atoms with Crippen molar-refractivity contribution in [3.8, 4) is 5.69 Å². The monoisotopic (exact) mass is 423 g/mol. The number of piperazine rings is 1. The van der Waals surface area contributed by atoms with Crippen molar-refractivity contribution >= 4 is 22.9 Å². The van der Waals surface area contributed by atoms with E-state index in [0.29, 0.717) is 49.5 Å². The van der Waals surface area contributed by atoms with Crippen molar-refractivity contribution in [3.63, 3.8) is 0 Å². The summed E-state index contributed by atoms with van der Waals surface area (Å²) in [6, 6.07) is 6.05. The smallest absolute Gasteiger partial charge is 0.222 e. The van der Waals surface area contributed by atoms with E-state index in [1.807, 2.05) is 4.90 Å². The van der Waals surface area contributed by atoms with Gasteiger partial charge in [-0.05, 0) is 36.6 Å². The molecule has 2 aromatic heterocycles. The maximum Gasteiger partial charge on any atom is 0.222 e. The Kier molecular flexibility index (Phi) is 5.48. The summed E-state index contributed by atoms with van der Waals surface area (Å²) >= 11 is 0. The first-order chi connectivity index (χ1) is 15.2. The van der Waals surface area contributed by atoms with Crippen LogP contribution in [0.5, 0.6) is 0 Å². The summed E-state index contributed by atoms with van der Waals surface area (Å²) < 4.78 is 14.8. The molecule has 1 aliphatic carbocycles. The Morgan fingerprint density at radius 2 is 1.77 bits per heavy atom. The van der Waals surface area contributed by atoms with Crippen LogP contribution in [0.4, 0.5) is 10.2 Å². The molecule has 1 aromatic carbocycles. The van der Waals surface area contributed by atoms with E-state index in [9.17, 15) is 9.18 Å². The first-order valence-electron chi connectivity index (χ1n) is 11.0. The zero-order valence-electron chi connectivity index (χ0n) is 17.5. The second kappa shape index (κ2) is 8.56. The normalized spacial score (nSPS) is 17.6. The lowest BCUT2D eigenvalue weighted by atomic mass is 10.0. The average Bonchev–Trinajstić information content (AvgIpc) is 3.48. The van der Waals surface area contributed by atoms with Crippen molar-refractivity contribution in [2.24, 2.45) is 5.92 Å². The van der Waals surface area contributed by atoms with Gasteiger partial charge in [-0.15, -0.1) is 5.10 Å². The number of hydrogen-bond acceptors (Lipinski definition) is 6. The van der Waals surface area contributed by atoms with Gasteiger partial charge in [0.05, 0.1) is 5.69 Å². The lowest BCUT2D eigenvalue weighted by molar-refractivity contribution is -0.131. The Hall–Kier alpha value is -3.10. The Labute approximate surface area is 180 Å². The highest BCUT2D eigenvalue weighted by atomic mass is 19.1.